The highest BCUT2D eigenvalue weighted by Crippen LogP contribution is 2.34. The highest BCUT2D eigenvalue weighted by Gasteiger charge is 2.28. The van der Waals surface area contributed by atoms with Crippen LogP contribution in [0, 0.1) is 6.92 Å². The van der Waals surface area contributed by atoms with Gasteiger partial charge in [0.05, 0.1) is 17.7 Å². The molecule has 0 saturated heterocycles. The van der Waals surface area contributed by atoms with Gasteiger partial charge < -0.3 is 4.74 Å². The first-order valence-corrected chi connectivity index (χ1v) is 5.95. The lowest BCUT2D eigenvalue weighted by Gasteiger charge is -2.24. The highest BCUT2D eigenvalue weighted by molar-refractivity contribution is 6.00. The zero-order chi connectivity index (χ0) is 12.5. The van der Waals surface area contributed by atoms with Gasteiger partial charge in [0.2, 0.25) is 0 Å². The second-order valence-electron chi connectivity index (χ2n) is 4.49. The number of nitrogens with zero attached hydrogens (tertiary/aromatic N) is 1. The number of aryl methyl sites for hydroxylation is 1. The molecule has 2 heterocycles. The molecular weight excluding hydrogens is 226 g/mol. The molecule has 0 radical (unpaired) electrons. The van der Waals surface area contributed by atoms with Crippen LogP contribution in [0.4, 0.5) is 0 Å². The fourth-order valence-corrected chi connectivity index (χ4v) is 2.17. The average Bonchev–Trinajstić information content (AvgIpc) is 2.40. The summed E-state index contributed by atoms with van der Waals surface area (Å²) in [6, 6.07) is 11.3. The van der Waals surface area contributed by atoms with Gasteiger partial charge in [-0.2, -0.15) is 0 Å². The third kappa shape index (κ3) is 1.88. The van der Waals surface area contributed by atoms with E-state index < -0.39 is 0 Å². The predicted molar refractivity (Wildman–Crippen MR) is 67.7 cm³/mol. The van der Waals surface area contributed by atoms with Crippen molar-refractivity contribution in [3.8, 4) is 5.75 Å². The van der Waals surface area contributed by atoms with Crippen molar-refractivity contribution in [2.75, 3.05) is 0 Å². The van der Waals surface area contributed by atoms with Crippen LogP contribution in [0.25, 0.3) is 0 Å². The average molecular weight is 239 g/mol. The molecule has 1 aliphatic heterocycles. The third-order valence-corrected chi connectivity index (χ3v) is 3.09. The normalized spacial score (nSPS) is 18.1. The summed E-state index contributed by atoms with van der Waals surface area (Å²) in [5.41, 5.74) is 2.56. The molecule has 0 amide bonds. The van der Waals surface area contributed by atoms with Crippen molar-refractivity contribution in [3.63, 3.8) is 0 Å². The summed E-state index contributed by atoms with van der Waals surface area (Å²) < 4.78 is 5.86. The smallest absolute Gasteiger partial charge is 0.170 e. The Bertz CT molecular complexity index is 593. The fraction of sp³-hybridized carbons (Fsp3) is 0.200. The minimum atomic E-state index is -0.270. The Labute approximate surface area is 105 Å². The quantitative estimate of drug-likeness (QED) is 0.767. The summed E-state index contributed by atoms with van der Waals surface area (Å²) in [6.07, 6.45) is 1.80. The Morgan fingerprint density at radius 2 is 2.17 bits per heavy atom. The standard InChI is InChI=1S/C15H13NO2/c1-10-5-6-14-11(8-10)13(17)9-15(18-14)12-4-2-3-7-16-12/h2-8,15H,9H2,1H3/t15-/m0/s1. The Kier molecular flexibility index (Phi) is 2.59. The predicted octanol–water partition coefficient (Wildman–Crippen LogP) is 3.10. The summed E-state index contributed by atoms with van der Waals surface area (Å²) >= 11 is 0. The molecule has 0 unspecified atom stereocenters. The third-order valence-electron chi connectivity index (χ3n) is 3.09. The number of carbonyl (C=O) groups is 1. The lowest BCUT2D eigenvalue weighted by molar-refractivity contribution is 0.0844. The van der Waals surface area contributed by atoms with Gasteiger partial charge in [0.1, 0.15) is 11.9 Å². The molecule has 1 aromatic carbocycles. The van der Waals surface area contributed by atoms with Gasteiger partial charge >= 0.3 is 0 Å². The lowest BCUT2D eigenvalue weighted by atomic mass is 9.97. The van der Waals surface area contributed by atoms with Gasteiger partial charge in [0.15, 0.2) is 5.78 Å². The first-order valence-electron chi connectivity index (χ1n) is 5.95. The van der Waals surface area contributed by atoms with Gasteiger partial charge in [-0.05, 0) is 31.2 Å². The van der Waals surface area contributed by atoms with E-state index in [1.807, 2.05) is 43.3 Å². The Balaban J connectivity index is 1.97. The zero-order valence-electron chi connectivity index (χ0n) is 10.1. The van der Waals surface area contributed by atoms with Crippen LogP contribution in [0.5, 0.6) is 5.75 Å². The van der Waals surface area contributed by atoms with Gasteiger partial charge in [-0.3, -0.25) is 9.78 Å². The molecule has 2 aromatic rings. The van der Waals surface area contributed by atoms with Crippen molar-refractivity contribution in [1.29, 1.82) is 0 Å². The van der Waals surface area contributed by atoms with Crippen LogP contribution < -0.4 is 4.74 Å². The molecule has 3 heteroatoms. The van der Waals surface area contributed by atoms with Crippen LogP contribution in [0.15, 0.2) is 42.6 Å². The van der Waals surface area contributed by atoms with E-state index in [4.69, 9.17) is 4.74 Å². The van der Waals surface area contributed by atoms with Crippen molar-refractivity contribution < 1.29 is 9.53 Å². The van der Waals surface area contributed by atoms with Crippen LogP contribution in [0.2, 0.25) is 0 Å². The molecule has 3 rings (SSSR count). The second kappa shape index (κ2) is 4.26. The van der Waals surface area contributed by atoms with Gasteiger partial charge in [0, 0.05) is 6.20 Å². The van der Waals surface area contributed by atoms with E-state index in [0.717, 1.165) is 11.3 Å². The molecule has 0 saturated carbocycles. The molecule has 0 fully saturated rings. The van der Waals surface area contributed by atoms with Gasteiger partial charge in [-0.1, -0.05) is 17.7 Å². The minimum Gasteiger partial charge on any atom is -0.483 e. The van der Waals surface area contributed by atoms with E-state index in [9.17, 15) is 4.79 Å². The van der Waals surface area contributed by atoms with E-state index >= 15 is 0 Å². The molecule has 90 valence electrons. The lowest BCUT2D eigenvalue weighted by Crippen LogP contribution is -2.21. The molecule has 3 nitrogen and oxygen atoms in total. The number of Topliss-reactive ketones (excluding diaryl/α,β-unsaturated/α-hetero) is 1. The molecule has 1 aliphatic rings. The Morgan fingerprint density at radius 1 is 1.28 bits per heavy atom. The van der Waals surface area contributed by atoms with Gasteiger partial charge in [0.25, 0.3) is 0 Å². The summed E-state index contributed by atoms with van der Waals surface area (Å²) in [6.45, 7) is 1.97. The number of ether oxygens (including phenoxy) is 1. The SMILES string of the molecule is Cc1ccc2c(c1)C(=O)C[C@@H](c1ccccn1)O2. The molecule has 1 atom stereocenters. The van der Waals surface area contributed by atoms with Gasteiger partial charge in [-0.15, -0.1) is 0 Å². The Hall–Kier alpha value is -2.16. The summed E-state index contributed by atoms with van der Waals surface area (Å²) in [4.78, 5) is 16.4. The fourth-order valence-electron chi connectivity index (χ4n) is 2.17. The van der Waals surface area contributed by atoms with Crippen LogP contribution >= 0.6 is 0 Å². The van der Waals surface area contributed by atoms with E-state index in [1.165, 1.54) is 0 Å². The van der Waals surface area contributed by atoms with Crippen molar-refractivity contribution in [3.05, 3.63) is 59.4 Å². The van der Waals surface area contributed by atoms with E-state index in [0.29, 0.717) is 17.7 Å². The van der Waals surface area contributed by atoms with Crippen LogP contribution in [-0.2, 0) is 0 Å². The first kappa shape index (κ1) is 11.0. The van der Waals surface area contributed by atoms with Crippen molar-refractivity contribution in [2.45, 2.75) is 19.4 Å². The maximum atomic E-state index is 12.1. The Morgan fingerprint density at radius 3 is 2.94 bits per heavy atom. The minimum absolute atomic E-state index is 0.121. The molecule has 0 aliphatic carbocycles. The molecule has 0 bridgehead atoms. The number of pyridine rings is 1. The monoisotopic (exact) mass is 239 g/mol. The number of aromatic nitrogens is 1. The molecular formula is C15H13NO2. The number of hydrogen-bond donors (Lipinski definition) is 0. The highest BCUT2D eigenvalue weighted by atomic mass is 16.5. The second-order valence-corrected chi connectivity index (χ2v) is 4.49. The topological polar surface area (TPSA) is 39.2 Å². The number of fused-ring (bicyclic) bond motifs is 1. The molecule has 18 heavy (non-hydrogen) atoms. The molecule has 1 aromatic heterocycles. The molecule has 0 N–H and O–H groups in total. The first-order chi connectivity index (χ1) is 8.74. The van der Waals surface area contributed by atoms with Gasteiger partial charge in [-0.25, -0.2) is 0 Å². The van der Waals surface area contributed by atoms with Crippen LogP contribution in [0.3, 0.4) is 0 Å². The maximum absolute atomic E-state index is 12.1. The van der Waals surface area contributed by atoms with E-state index in [-0.39, 0.29) is 11.9 Å². The summed E-state index contributed by atoms with van der Waals surface area (Å²) in [7, 11) is 0. The van der Waals surface area contributed by atoms with Crippen molar-refractivity contribution >= 4 is 5.78 Å². The summed E-state index contributed by atoms with van der Waals surface area (Å²) in [5.74, 6) is 0.781. The number of rotatable bonds is 1. The zero-order valence-corrected chi connectivity index (χ0v) is 10.1. The number of ketones is 1. The van der Waals surface area contributed by atoms with Crippen molar-refractivity contribution in [1.82, 2.24) is 4.98 Å². The number of hydrogen-bond acceptors (Lipinski definition) is 3. The molecule has 0 spiro atoms. The van der Waals surface area contributed by atoms with E-state index in [2.05, 4.69) is 4.98 Å². The van der Waals surface area contributed by atoms with E-state index in [1.54, 1.807) is 6.20 Å². The van der Waals surface area contributed by atoms with Crippen LogP contribution in [-0.4, -0.2) is 10.8 Å². The van der Waals surface area contributed by atoms with Crippen molar-refractivity contribution in [2.24, 2.45) is 0 Å². The number of carbonyl (C=O) groups excluding carboxylic acids is 1. The number of benzene rings is 1. The largest absolute Gasteiger partial charge is 0.483 e. The van der Waals surface area contributed by atoms with Crippen LogP contribution in [0.1, 0.15) is 34.1 Å². The summed E-state index contributed by atoms with van der Waals surface area (Å²) in [5, 5.41) is 0. The maximum Gasteiger partial charge on any atom is 0.170 e.